The van der Waals surface area contributed by atoms with E-state index in [-0.39, 0.29) is 11.6 Å². The van der Waals surface area contributed by atoms with Gasteiger partial charge in [-0.2, -0.15) is 5.26 Å². The molecule has 4 heteroatoms. The Bertz CT molecular complexity index is 770. The van der Waals surface area contributed by atoms with Gasteiger partial charge in [0.2, 0.25) is 0 Å². The molecule has 3 rings (SSSR count). The molecule has 4 nitrogen and oxygen atoms in total. The molecule has 1 aliphatic carbocycles. The normalized spacial score (nSPS) is 17.0. The van der Waals surface area contributed by atoms with Crippen LogP contribution < -0.4 is 11.3 Å². The van der Waals surface area contributed by atoms with E-state index in [4.69, 9.17) is 11.0 Å². The van der Waals surface area contributed by atoms with E-state index >= 15 is 0 Å². The lowest BCUT2D eigenvalue weighted by Gasteiger charge is -2.25. The molecular weight excluding hydrogens is 262 g/mol. The van der Waals surface area contributed by atoms with Crippen LogP contribution >= 0.6 is 0 Å². The molecule has 1 aliphatic rings. The number of rotatable bonds is 2. The van der Waals surface area contributed by atoms with E-state index in [0.29, 0.717) is 12.1 Å². The fourth-order valence-corrected chi connectivity index (χ4v) is 2.99. The third-order valence-corrected chi connectivity index (χ3v) is 4.06. The highest BCUT2D eigenvalue weighted by Crippen LogP contribution is 2.27. The van der Waals surface area contributed by atoms with Gasteiger partial charge >= 0.3 is 0 Å². The number of nitrogens with zero attached hydrogens (tertiary/aromatic N) is 2. The Morgan fingerprint density at radius 3 is 3.00 bits per heavy atom. The molecule has 1 unspecified atom stereocenters. The van der Waals surface area contributed by atoms with Gasteiger partial charge in [0.25, 0.3) is 5.56 Å². The average Bonchev–Trinajstić information content (AvgIpc) is 2.51. The molecule has 0 radical (unpaired) electrons. The first-order valence-corrected chi connectivity index (χ1v) is 7.16. The second kappa shape index (κ2) is 5.55. The summed E-state index contributed by atoms with van der Waals surface area (Å²) >= 11 is 0. The van der Waals surface area contributed by atoms with Crippen LogP contribution in [-0.4, -0.2) is 4.57 Å². The summed E-state index contributed by atoms with van der Waals surface area (Å²) in [6.45, 7) is 0.490. The molecule has 1 heterocycles. The molecule has 2 aromatic rings. The van der Waals surface area contributed by atoms with Crippen LogP contribution in [0.5, 0.6) is 0 Å². The zero-order chi connectivity index (χ0) is 14.8. The lowest BCUT2D eigenvalue weighted by molar-refractivity contribution is 0.529. The number of fused-ring (bicyclic) bond motifs is 1. The van der Waals surface area contributed by atoms with Gasteiger partial charge in [0.05, 0.1) is 18.2 Å². The molecule has 0 fully saturated rings. The van der Waals surface area contributed by atoms with E-state index in [0.717, 1.165) is 36.1 Å². The average molecular weight is 279 g/mol. The highest BCUT2D eigenvalue weighted by atomic mass is 16.1. The molecule has 2 N–H and O–H groups in total. The third-order valence-electron chi connectivity index (χ3n) is 4.06. The predicted octanol–water partition coefficient (Wildman–Crippen LogP) is 2.10. The first-order chi connectivity index (χ1) is 10.2. The van der Waals surface area contributed by atoms with Gasteiger partial charge in [0, 0.05) is 17.8 Å². The molecule has 106 valence electrons. The van der Waals surface area contributed by atoms with E-state index in [1.165, 1.54) is 0 Å². The van der Waals surface area contributed by atoms with Crippen LogP contribution in [-0.2, 0) is 13.0 Å². The van der Waals surface area contributed by atoms with Crippen molar-refractivity contribution in [2.45, 2.75) is 31.8 Å². The molecule has 0 spiro atoms. The van der Waals surface area contributed by atoms with E-state index in [1.807, 2.05) is 24.3 Å². The summed E-state index contributed by atoms with van der Waals surface area (Å²) in [5.74, 6) is 0. The van der Waals surface area contributed by atoms with Crippen molar-refractivity contribution in [2.24, 2.45) is 5.73 Å². The van der Waals surface area contributed by atoms with Crippen LogP contribution in [0.3, 0.4) is 0 Å². The van der Waals surface area contributed by atoms with Crippen molar-refractivity contribution < 1.29 is 0 Å². The van der Waals surface area contributed by atoms with Crippen molar-refractivity contribution >= 4 is 0 Å². The van der Waals surface area contributed by atoms with Gasteiger partial charge in [-0.25, -0.2) is 0 Å². The SMILES string of the molecule is N#Cc1cccc(Cn2c3c(ccc2=O)C(N)CCC3)c1. The standard InChI is InChI=1S/C17H17N3O/c18-10-12-3-1-4-13(9-12)11-20-16-6-2-5-15(19)14(16)7-8-17(20)21/h1,3-4,7-9,15H,2,5-6,11,19H2. The highest BCUT2D eigenvalue weighted by Gasteiger charge is 2.20. The summed E-state index contributed by atoms with van der Waals surface area (Å²) < 4.78 is 1.80. The Labute approximate surface area is 123 Å². The van der Waals surface area contributed by atoms with Gasteiger partial charge < -0.3 is 10.3 Å². The van der Waals surface area contributed by atoms with Crippen molar-refractivity contribution in [3.8, 4) is 6.07 Å². The fourth-order valence-electron chi connectivity index (χ4n) is 2.99. The summed E-state index contributed by atoms with van der Waals surface area (Å²) in [6, 6.07) is 13.0. The lowest BCUT2D eigenvalue weighted by atomic mass is 9.91. The van der Waals surface area contributed by atoms with Crippen molar-refractivity contribution in [3.63, 3.8) is 0 Å². The summed E-state index contributed by atoms with van der Waals surface area (Å²) in [6.07, 6.45) is 2.86. The Hall–Kier alpha value is -2.38. The topological polar surface area (TPSA) is 71.8 Å². The van der Waals surface area contributed by atoms with Crippen LogP contribution in [0.25, 0.3) is 0 Å². The van der Waals surface area contributed by atoms with Crippen molar-refractivity contribution in [3.05, 3.63) is 69.1 Å². The molecule has 0 bridgehead atoms. The summed E-state index contributed by atoms with van der Waals surface area (Å²) in [5, 5.41) is 8.97. The minimum Gasteiger partial charge on any atom is -0.324 e. The first kappa shape index (κ1) is 13.6. The Kier molecular flexibility index (Phi) is 3.59. The van der Waals surface area contributed by atoms with E-state index in [9.17, 15) is 4.79 Å². The molecule has 21 heavy (non-hydrogen) atoms. The maximum Gasteiger partial charge on any atom is 0.251 e. The minimum absolute atomic E-state index is 0.00906. The quantitative estimate of drug-likeness (QED) is 0.915. The minimum atomic E-state index is -0.00906. The first-order valence-electron chi connectivity index (χ1n) is 7.16. The van der Waals surface area contributed by atoms with Crippen molar-refractivity contribution in [1.29, 1.82) is 5.26 Å². The highest BCUT2D eigenvalue weighted by molar-refractivity contribution is 5.34. The van der Waals surface area contributed by atoms with Gasteiger partial charge in [-0.05, 0) is 42.5 Å². The molecule has 0 amide bonds. The van der Waals surface area contributed by atoms with Crippen LogP contribution in [0.1, 0.15) is 41.3 Å². The molecule has 1 aromatic carbocycles. The van der Waals surface area contributed by atoms with Crippen LogP contribution in [0.4, 0.5) is 0 Å². The number of pyridine rings is 1. The van der Waals surface area contributed by atoms with E-state index in [2.05, 4.69) is 6.07 Å². The number of benzene rings is 1. The Balaban J connectivity index is 2.04. The van der Waals surface area contributed by atoms with Gasteiger partial charge in [-0.15, -0.1) is 0 Å². The number of hydrogen-bond donors (Lipinski definition) is 1. The maximum atomic E-state index is 12.2. The number of nitriles is 1. The summed E-state index contributed by atoms with van der Waals surface area (Å²) in [5.41, 5.74) is 9.84. The third kappa shape index (κ3) is 2.61. The van der Waals surface area contributed by atoms with Crippen LogP contribution in [0.15, 0.2) is 41.2 Å². The fraction of sp³-hybridized carbons (Fsp3) is 0.294. The molecule has 0 saturated carbocycles. The van der Waals surface area contributed by atoms with E-state index < -0.39 is 0 Å². The van der Waals surface area contributed by atoms with Crippen LogP contribution in [0, 0.1) is 11.3 Å². The lowest BCUT2D eigenvalue weighted by Crippen LogP contribution is -2.29. The van der Waals surface area contributed by atoms with Gasteiger partial charge in [-0.1, -0.05) is 18.2 Å². The number of nitrogens with two attached hydrogens (primary N) is 1. The Morgan fingerprint density at radius 1 is 1.33 bits per heavy atom. The molecule has 0 aliphatic heterocycles. The largest absolute Gasteiger partial charge is 0.324 e. The maximum absolute atomic E-state index is 12.2. The van der Waals surface area contributed by atoms with Gasteiger partial charge in [0.15, 0.2) is 0 Å². The molecular formula is C17H17N3O. The number of hydrogen-bond acceptors (Lipinski definition) is 3. The molecule has 1 atom stereocenters. The second-order valence-electron chi connectivity index (χ2n) is 5.47. The zero-order valence-corrected chi connectivity index (χ0v) is 11.7. The smallest absolute Gasteiger partial charge is 0.251 e. The summed E-state index contributed by atoms with van der Waals surface area (Å²) in [7, 11) is 0. The van der Waals surface area contributed by atoms with E-state index in [1.54, 1.807) is 16.7 Å². The number of aromatic nitrogens is 1. The van der Waals surface area contributed by atoms with Crippen molar-refractivity contribution in [1.82, 2.24) is 4.57 Å². The van der Waals surface area contributed by atoms with Gasteiger partial charge in [-0.3, -0.25) is 4.79 Å². The summed E-state index contributed by atoms with van der Waals surface area (Å²) in [4.78, 5) is 12.2. The molecule has 1 aromatic heterocycles. The van der Waals surface area contributed by atoms with Crippen molar-refractivity contribution in [2.75, 3.05) is 0 Å². The Morgan fingerprint density at radius 2 is 2.19 bits per heavy atom. The van der Waals surface area contributed by atoms with Crippen LogP contribution in [0.2, 0.25) is 0 Å². The molecule has 0 saturated heterocycles. The zero-order valence-electron chi connectivity index (χ0n) is 11.7. The predicted molar refractivity (Wildman–Crippen MR) is 80.8 cm³/mol. The van der Waals surface area contributed by atoms with Gasteiger partial charge in [0.1, 0.15) is 0 Å². The second-order valence-corrected chi connectivity index (χ2v) is 5.47. The monoisotopic (exact) mass is 279 g/mol.